The lowest BCUT2D eigenvalue weighted by Gasteiger charge is -2.20. The van der Waals surface area contributed by atoms with E-state index in [9.17, 15) is 5.11 Å². The second-order valence-electron chi connectivity index (χ2n) is 5.02. The first kappa shape index (κ1) is 14.7. The SMILES string of the molecule is Cc1cc(OC(C)C)nc(N[C@H](CO)C(C)C)n1. The fourth-order valence-corrected chi connectivity index (χ4v) is 1.50. The maximum absolute atomic E-state index is 9.29. The Hall–Kier alpha value is -1.36. The molecule has 0 aromatic carbocycles. The number of hydrogen-bond donors (Lipinski definition) is 2. The molecule has 0 fully saturated rings. The van der Waals surface area contributed by atoms with Crippen LogP contribution in [-0.4, -0.2) is 33.8 Å². The third kappa shape index (κ3) is 4.49. The third-order valence-corrected chi connectivity index (χ3v) is 2.50. The highest BCUT2D eigenvalue weighted by Crippen LogP contribution is 2.15. The van der Waals surface area contributed by atoms with E-state index in [1.807, 2.05) is 34.6 Å². The van der Waals surface area contributed by atoms with Gasteiger partial charge in [0.25, 0.3) is 0 Å². The zero-order valence-corrected chi connectivity index (χ0v) is 11.8. The molecule has 0 unspecified atom stereocenters. The van der Waals surface area contributed by atoms with Gasteiger partial charge in [0.05, 0.1) is 18.8 Å². The molecule has 0 radical (unpaired) electrons. The first-order valence-electron chi connectivity index (χ1n) is 6.32. The molecule has 1 aromatic rings. The van der Waals surface area contributed by atoms with Gasteiger partial charge in [-0.3, -0.25) is 0 Å². The molecule has 0 saturated heterocycles. The Morgan fingerprint density at radius 3 is 2.44 bits per heavy atom. The third-order valence-electron chi connectivity index (χ3n) is 2.50. The van der Waals surface area contributed by atoms with Gasteiger partial charge in [-0.2, -0.15) is 4.98 Å². The summed E-state index contributed by atoms with van der Waals surface area (Å²) in [5.74, 6) is 1.35. The quantitative estimate of drug-likeness (QED) is 0.811. The fraction of sp³-hybridized carbons (Fsp3) is 0.692. The lowest BCUT2D eigenvalue weighted by molar-refractivity contribution is 0.231. The van der Waals surface area contributed by atoms with Crippen molar-refractivity contribution < 1.29 is 9.84 Å². The predicted octanol–water partition coefficient (Wildman–Crippen LogP) is 2.00. The summed E-state index contributed by atoms with van der Waals surface area (Å²) in [4.78, 5) is 8.59. The average molecular weight is 253 g/mol. The first-order chi connectivity index (χ1) is 8.42. The molecule has 0 amide bonds. The van der Waals surface area contributed by atoms with Gasteiger partial charge in [0.2, 0.25) is 11.8 Å². The molecule has 0 aliphatic rings. The van der Waals surface area contributed by atoms with E-state index in [-0.39, 0.29) is 18.8 Å². The summed E-state index contributed by atoms with van der Waals surface area (Å²) in [6.07, 6.45) is 0.0749. The Kier molecular flexibility index (Phi) is 5.34. The number of aryl methyl sites for hydroxylation is 1. The van der Waals surface area contributed by atoms with Gasteiger partial charge in [0.15, 0.2) is 0 Å². The number of hydrogen-bond acceptors (Lipinski definition) is 5. The normalized spacial score (nSPS) is 12.9. The number of nitrogens with one attached hydrogen (secondary N) is 1. The minimum absolute atomic E-state index is 0.0509. The van der Waals surface area contributed by atoms with Crippen LogP contribution in [0, 0.1) is 12.8 Å². The largest absolute Gasteiger partial charge is 0.475 e. The number of aromatic nitrogens is 2. The molecular formula is C13H23N3O2. The molecule has 18 heavy (non-hydrogen) atoms. The highest BCUT2D eigenvalue weighted by molar-refractivity contribution is 5.32. The van der Waals surface area contributed by atoms with Crippen molar-refractivity contribution in [3.8, 4) is 5.88 Å². The molecule has 0 aliphatic carbocycles. The van der Waals surface area contributed by atoms with Crippen molar-refractivity contribution in [3.05, 3.63) is 11.8 Å². The summed E-state index contributed by atoms with van der Waals surface area (Å²) in [7, 11) is 0. The van der Waals surface area contributed by atoms with Gasteiger partial charge >= 0.3 is 0 Å². The Balaban J connectivity index is 2.85. The lowest BCUT2D eigenvalue weighted by atomic mass is 10.1. The van der Waals surface area contributed by atoms with E-state index in [4.69, 9.17) is 4.74 Å². The molecule has 0 spiro atoms. The number of aliphatic hydroxyl groups excluding tert-OH is 1. The Labute approximate surface area is 109 Å². The van der Waals surface area contributed by atoms with Crippen LogP contribution in [0.25, 0.3) is 0 Å². The molecule has 0 bridgehead atoms. The maximum atomic E-state index is 9.29. The van der Waals surface area contributed by atoms with E-state index in [0.29, 0.717) is 17.7 Å². The molecule has 0 aliphatic heterocycles. The van der Waals surface area contributed by atoms with Crippen LogP contribution in [0.4, 0.5) is 5.95 Å². The van der Waals surface area contributed by atoms with Gasteiger partial charge in [-0.1, -0.05) is 13.8 Å². The van der Waals surface area contributed by atoms with Crippen LogP contribution >= 0.6 is 0 Å². The number of rotatable bonds is 6. The van der Waals surface area contributed by atoms with Crippen LogP contribution < -0.4 is 10.1 Å². The molecule has 102 valence electrons. The van der Waals surface area contributed by atoms with E-state index < -0.39 is 0 Å². The number of ether oxygens (including phenoxy) is 1. The van der Waals surface area contributed by atoms with E-state index in [0.717, 1.165) is 5.69 Å². The van der Waals surface area contributed by atoms with Crippen molar-refractivity contribution in [3.63, 3.8) is 0 Å². The highest BCUT2D eigenvalue weighted by atomic mass is 16.5. The van der Waals surface area contributed by atoms with Gasteiger partial charge in [-0.15, -0.1) is 0 Å². The average Bonchev–Trinajstić information content (AvgIpc) is 2.23. The van der Waals surface area contributed by atoms with Crippen LogP contribution in [0.3, 0.4) is 0 Å². The Morgan fingerprint density at radius 2 is 1.94 bits per heavy atom. The van der Waals surface area contributed by atoms with Crippen molar-refractivity contribution in [1.29, 1.82) is 0 Å². The van der Waals surface area contributed by atoms with Crippen LogP contribution in [0.15, 0.2) is 6.07 Å². The Morgan fingerprint density at radius 1 is 1.28 bits per heavy atom. The fourth-order valence-electron chi connectivity index (χ4n) is 1.50. The Bertz CT molecular complexity index is 380. The molecule has 1 heterocycles. The molecule has 0 saturated carbocycles. The van der Waals surface area contributed by atoms with Crippen molar-refractivity contribution in [2.45, 2.75) is 46.8 Å². The zero-order chi connectivity index (χ0) is 13.7. The van der Waals surface area contributed by atoms with Crippen LogP contribution in [-0.2, 0) is 0 Å². The maximum Gasteiger partial charge on any atom is 0.226 e. The molecule has 5 nitrogen and oxygen atoms in total. The number of anilines is 1. The van der Waals surface area contributed by atoms with Gasteiger partial charge < -0.3 is 15.2 Å². The molecule has 2 N–H and O–H groups in total. The van der Waals surface area contributed by atoms with Crippen molar-refractivity contribution in [1.82, 2.24) is 9.97 Å². The van der Waals surface area contributed by atoms with Crippen molar-refractivity contribution in [2.75, 3.05) is 11.9 Å². The van der Waals surface area contributed by atoms with Crippen LogP contribution in [0.2, 0.25) is 0 Å². The van der Waals surface area contributed by atoms with E-state index in [1.165, 1.54) is 0 Å². The van der Waals surface area contributed by atoms with Gasteiger partial charge in [0, 0.05) is 11.8 Å². The molecule has 5 heteroatoms. The summed E-state index contributed by atoms with van der Waals surface area (Å²) in [6.45, 7) is 9.92. The van der Waals surface area contributed by atoms with Crippen molar-refractivity contribution >= 4 is 5.95 Å². The summed E-state index contributed by atoms with van der Waals surface area (Å²) < 4.78 is 5.56. The minimum Gasteiger partial charge on any atom is -0.475 e. The van der Waals surface area contributed by atoms with Gasteiger partial charge in [-0.25, -0.2) is 4.98 Å². The highest BCUT2D eigenvalue weighted by Gasteiger charge is 2.14. The molecular weight excluding hydrogens is 230 g/mol. The second kappa shape index (κ2) is 6.54. The van der Waals surface area contributed by atoms with Crippen molar-refractivity contribution in [2.24, 2.45) is 5.92 Å². The molecule has 1 atom stereocenters. The predicted molar refractivity (Wildman–Crippen MR) is 71.9 cm³/mol. The van der Waals surface area contributed by atoms with Gasteiger partial charge in [0.1, 0.15) is 0 Å². The zero-order valence-electron chi connectivity index (χ0n) is 11.8. The van der Waals surface area contributed by atoms with E-state index in [2.05, 4.69) is 15.3 Å². The minimum atomic E-state index is -0.0568. The lowest BCUT2D eigenvalue weighted by Crippen LogP contribution is -2.30. The van der Waals surface area contributed by atoms with E-state index in [1.54, 1.807) is 6.07 Å². The molecule has 1 rings (SSSR count). The van der Waals surface area contributed by atoms with E-state index >= 15 is 0 Å². The smallest absolute Gasteiger partial charge is 0.226 e. The summed E-state index contributed by atoms with van der Waals surface area (Å²) in [5.41, 5.74) is 0.837. The van der Waals surface area contributed by atoms with Crippen LogP contribution in [0.1, 0.15) is 33.4 Å². The standard InChI is InChI=1S/C13H23N3O2/c1-8(2)11(7-17)15-13-14-10(5)6-12(16-13)18-9(3)4/h6,8-9,11,17H,7H2,1-5H3,(H,14,15,16)/t11-/m1/s1. The monoisotopic (exact) mass is 253 g/mol. The summed E-state index contributed by atoms with van der Waals surface area (Å²) in [5, 5.41) is 12.4. The topological polar surface area (TPSA) is 67.3 Å². The summed E-state index contributed by atoms with van der Waals surface area (Å²) >= 11 is 0. The van der Waals surface area contributed by atoms with Crippen LogP contribution in [0.5, 0.6) is 5.88 Å². The second-order valence-corrected chi connectivity index (χ2v) is 5.02. The van der Waals surface area contributed by atoms with Gasteiger partial charge in [-0.05, 0) is 26.7 Å². The number of aliphatic hydroxyl groups is 1. The summed E-state index contributed by atoms with van der Waals surface area (Å²) in [6, 6.07) is 1.74. The molecule has 1 aromatic heterocycles. The first-order valence-corrected chi connectivity index (χ1v) is 6.32. The number of nitrogens with zero attached hydrogens (tertiary/aromatic N) is 2.